The molecule has 1 aromatic carbocycles. The molecule has 2 rings (SSSR count). The molecule has 0 aliphatic carbocycles. The van der Waals surface area contributed by atoms with Crippen molar-refractivity contribution in [2.75, 3.05) is 33.8 Å². The molecule has 0 radical (unpaired) electrons. The summed E-state index contributed by atoms with van der Waals surface area (Å²) in [5.41, 5.74) is 0.843. The van der Waals surface area contributed by atoms with Gasteiger partial charge in [0.1, 0.15) is 17.6 Å². The summed E-state index contributed by atoms with van der Waals surface area (Å²) in [4.78, 5) is 15.2. The third-order valence-electron chi connectivity index (χ3n) is 3.68. The van der Waals surface area contributed by atoms with Crippen molar-refractivity contribution in [3.8, 4) is 5.75 Å². The molecule has 1 unspecified atom stereocenters. The molecule has 128 valence electrons. The number of likely N-dealkylation sites (tertiary alicyclic amines) is 1. The van der Waals surface area contributed by atoms with Crippen LogP contribution < -0.4 is 4.74 Å². The summed E-state index contributed by atoms with van der Waals surface area (Å²) < 4.78 is 40.4. The first-order valence-electron chi connectivity index (χ1n) is 7.33. The van der Waals surface area contributed by atoms with E-state index in [1.54, 1.807) is 12.1 Å². The van der Waals surface area contributed by atoms with Crippen molar-refractivity contribution in [2.24, 2.45) is 0 Å². The first-order valence-corrected chi connectivity index (χ1v) is 8.78. The summed E-state index contributed by atoms with van der Waals surface area (Å²) in [5, 5.41) is -1.25. The first kappa shape index (κ1) is 17.7. The van der Waals surface area contributed by atoms with Crippen molar-refractivity contribution in [3.63, 3.8) is 0 Å². The molecule has 1 heterocycles. The first-order chi connectivity index (χ1) is 10.8. The third-order valence-corrected chi connectivity index (χ3v) is 4.79. The molecule has 8 heteroatoms. The number of likely N-dealkylation sites (N-methyl/N-ethyl adjacent to an activating group) is 1. The molecule has 0 aromatic heterocycles. The Labute approximate surface area is 136 Å². The van der Waals surface area contributed by atoms with Gasteiger partial charge < -0.3 is 14.5 Å². The second-order valence-electron chi connectivity index (χ2n) is 5.87. The van der Waals surface area contributed by atoms with Crippen molar-refractivity contribution in [3.05, 3.63) is 29.8 Å². The van der Waals surface area contributed by atoms with E-state index in [2.05, 4.69) is 0 Å². The van der Waals surface area contributed by atoms with Gasteiger partial charge in [-0.3, -0.25) is 4.79 Å². The summed E-state index contributed by atoms with van der Waals surface area (Å²) in [6.07, 6.45) is -0.287. The van der Waals surface area contributed by atoms with Crippen molar-refractivity contribution in [1.82, 2.24) is 9.80 Å². The van der Waals surface area contributed by atoms with E-state index in [-0.39, 0.29) is 25.4 Å². The van der Waals surface area contributed by atoms with Gasteiger partial charge in [0.05, 0.1) is 0 Å². The smallest absolute Gasteiger partial charge is 0.307 e. The number of carbonyl (C=O) groups is 1. The van der Waals surface area contributed by atoms with Crippen LogP contribution in [-0.4, -0.2) is 63.2 Å². The molecule has 1 aliphatic heterocycles. The summed E-state index contributed by atoms with van der Waals surface area (Å²) in [5.74, 6) is 0.384. The predicted octanol–water partition coefficient (Wildman–Crippen LogP) is 1.03. The van der Waals surface area contributed by atoms with Gasteiger partial charge in [0.2, 0.25) is 5.91 Å². The fourth-order valence-electron chi connectivity index (χ4n) is 2.33. The molecule has 1 amide bonds. The Hall–Kier alpha value is -1.67. The van der Waals surface area contributed by atoms with Crippen LogP contribution in [0.1, 0.15) is 12.0 Å². The zero-order valence-electron chi connectivity index (χ0n) is 13.2. The SMILES string of the molecule is CN(C)CCOc1ccc(CN2CC(S(=O)(=O)F)CC2=O)cc1. The fourth-order valence-corrected chi connectivity index (χ4v) is 3.03. The monoisotopic (exact) mass is 344 g/mol. The zero-order chi connectivity index (χ0) is 17.0. The molecule has 1 atom stereocenters. The third kappa shape index (κ3) is 5.18. The minimum atomic E-state index is -4.67. The van der Waals surface area contributed by atoms with Crippen LogP contribution in [0.2, 0.25) is 0 Å². The lowest BCUT2D eigenvalue weighted by atomic mass is 10.2. The average Bonchev–Trinajstić information content (AvgIpc) is 2.82. The van der Waals surface area contributed by atoms with Gasteiger partial charge in [-0.25, -0.2) is 0 Å². The molecule has 0 saturated carbocycles. The van der Waals surface area contributed by atoms with Crippen LogP contribution in [-0.2, 0) is 21.6 Å². The van der Waals surface area contributed by atoms with Gasteiger partial charge in [0.25, 0.3) is 0 Å². The van der Waals surface area contributed by atoms with E-state index in [4.69, 9.17) is 4.74 Å². The summed E-state index contributed by atoms with van der Waals surface area (Å²) in [7, 11) is -0.746. The maximum atomic E-state index is 13.0. The number of halogens is 1. The number of ether oxygens (including phenoxy) is 1. The van der Waals surface area contributed by atoms with Crippen LogP contribution in [0.4, 0.5) is 3.89 Å². The fraction of sp³-hybridized carbons (Fsp3) is 0.533. The normalized spacial score (nSPS) is 18.7. The molecule has 1 aromatic rings. The molecular formula is C15H21FN2O4S. The van der Waals surface area contributed by atoms with E-state index in [1.807, 2.05) is 31.1 Å². The van der Waals surface area contributed by atoms with Crippen LogP contribution in [0.15, 0.2) is 24.3 Å². The van der Waals surface area contributed by atoms with Crippen LogP contribution >= 0.6 is 0 Å². The van der Waals surface area contributed by atoms with Gasteiger partial charge in [-0.15, -0.1) is 3.89 Å². The van der Waals surface area contributed by atoms with Crippen LogP contribution in [0.3, 0.4) is 0 Å². The maximum absolute atomic E-state index is 13.0. The second-order valence-corrected chi connectivity index (χ2v) is 7.49. The topological polar surface area (TPSA) is 66.9 Å². The molecule has 0 N–H and O–H groups in total. The van der Waals surface area contributed by atoms with Crippen LogP contribution in [0.25, 0.3) is 0 Å². The predicted molar refractivity (Wildman–Crippen MR) is 84.3 cm³/mol. The van der Waals surface area contributed by atoms with Crippen molar-refractivity contribution in [2.45, 2.75) is 18.2 Å². The van der Waals surface area contributed by atoms with Crippen LogP contribution in [0, 0.1) is 0 Å². The van der Waals surface area contributed by atoms with Crippen molar-refractivity contribution < 1.29 is 21.8 Å². The van der Waals surface area contributed by atoms with Crippen molar-refractivity contribution >= 4 is 16.1 Å². The van der Waals surface area contributed by atoms with Crippen molar-refractivity contribution in [1.29, 1.82) is 0 Å². The lowest BCUT2D eigenvalue weighted by Gasteiger charge is -2.16. The number of benzene rings is 1. The quantitative estimate of drug-likeness (QED) is 0.691. The van der Waals surface area contributed by atoms with E-state index >= 15 is 0 Å². The van der Waals surface area contributed by atoms with E-state index in [1.165, 1.54) is 4.90 Å². The number of hydrogen-bond acceptors (Lipinski definition) is 5. The van der Waals surface area contributed by atoms with Gasteiger partial charge in [-0.2, -0.15) is 8.42 Å². The molecule has 0 bridgehead atoms. The Morgan fingerprint density at radius 3 is 2.48 bits per heavy atom. The highest BCUT2D eigenvalue weighted by molar-refractivity contribution is 7.87. The second kappa shape index (κ2) is 7.27. The van der Waals surface area contributed by atoms with Gasteiger partial charge in [0.15, 0.2) is 0 Å². The number of hydrogen-bond donors (Lipinski definition) is 0. The molecule has 23 heavy (non-hydrogen) atoms. The molecule has 0 spiro atoms. The highest BCUT2D eigenvalue weighted by Crippen LogP contribution is 2.22. The Morgan fingerprint density at radius 2 is 1.96 bits per heavy atom. The number of rotatable bonds is 7. The number of nitrogens with zero attached hydrogens (tertiary/aromatic N) is 2. The Bertz CT molecular complexity index is 646. The number of carbonyl (C=O) groups excluding carboxylic acids is 1. The zero-order valence-corrected chi connectivity index (χ0v) is 14.1. The molecular weight excluding hydrogens is 323 g/mol. The Kier molecular flexibility index (Phi) is 5.59. The summed E-state index contributed by atoms with van der Waals surface area (Å²) >= 11 is 0. The van der Waals surface area contributed by atoms with Gasteiger partial charge in [-0.05, 0) is 31.8 Å². The molecule has 1 aliphatic rings. The summed E-state index contributed by atoms with van der Waals surface area (Å²) in [6, 6.07) is 7.23. The number of amides is 1. The highest BCUT2D eigenvalue weighted by atomic mass is 32.3. The van der Waals surface area contributed by atoms with Crippen LogP contribution in [0.5, 0.6) is 5.75 Å². The van der Waals surface area contributed by atoms with E-state index < -0.39 is 15.5 Å². The highest BCUT2D eigenvalue weighted by Gasteiger charge is 2.38. The molecule has 1 saturated heterocycles. The molecule has 6 nitrogen and oxygen atoms in total. The summed E-state index contributed by atoms with van der Waals surface area (Å²) in [6.45, 7) is 1.55. The van der Waals surface area contributed by atoms with Gasteiger partial charge >= 0.3 is 10.2 Å². The largest absolute Gasteiger partial charge is 0.492 e. The Balaban J connectivity index is 1.90. The van der Waals surface area contributed by atoms with Gasteiger partial charge in [0, 0.05) is 26.1 Å². The minimum absolute atomic E-state index is 0.0985. The Morgan fingerprint density at radius 1 is 1.30 bits per heavy atom. The maximum Gasteiger partial charge on any atom is 0.307 e. The lowest BCUT2D eigenvalue weighted by Crippen LogP contribution is -2.26. The van der Waals surface area contributed by atoms with E-state index in [0.717, 1.165) is 17.9 Å². The average molecular weight is 344 g/mol. The van der Waals surface area contributed by atoms with Gasteiger partial charge in [-0.1, -0.05) is 12.1 Å². The van der Waals surface area contributed by atoms with E-state index in [0.29, 0.717) is 6.61 Å². The lowest BCUT2D eigenvalue weighted by molar-refractivity contribution is -0.128. The molecule has 1 fully saturated rings. The minimum Gasteiger partial charge on any atom is -0.492 e. The van der Waals surface area contributed by atoms with E-state index in [9.17, 15) is 17.1 Å². The standard InChI is InChI=1S/C15H21FN2O4S/c1-17(2)7-8-22-13-5-3-12(4-6-13)10-18-11-14(9-15(18)19)23(16,20)21/h3-6,14H,7-11H2,1-2H3.